The second kappa shape index (κ2) is 8.63. The Bertz CT molecular complexity index is 979. The Balaban J connectivity index is 1.71. The smallest absolute Gasteiger partial charge is 0.261 e. The second-order valence-electron chi connectivity index (χ2n) is 6.23. The lowest BCUT2D eigenvalue weighted by atomic mass is 10.0. The van der Waals surface area contributed by atoms with E-state index in [4.69, 9.17) is 0 Å². The van der Waals surface area contributed by atoms with Gasteiger partial charge in [-0.05, 0) is 25.0 Å². The van der Waals surface area contributed by atoms with Crippen LogP contribution in [0.1, 0.15) is 16.7 Å². The number of aromatic amines is 1. The Hall–Kier alpha value is -3.65. The predicted octanol–water partition coefficient (Wildman–Crippen LogP) is 3.65. The topological polar surface area (TPSA) is 81.6 Å². The Kier molecular flexibility index (Phi) is 5.80. The first-order valence-electron chi connectivity index (χ1n) is 8.71. The molecular weight excluding hydrogens is 336 g/mol. The van der Waals surface area contributed by atoms with Crippen molar-refractivity contribution in [1.29, 1.82) is 5.26 Å². The number of H-pyrrole nitrogens is 1. The van der Waals surface area contributed by atoms with Crippen molar-refractivity contribution in [3.63, 3.8) is 0 Å². The van der Waals surface area contributed by atoms with Gasteiger partial charge in [-0.1, -0.05) is 60.2 Å². The molecule has 2 aromatic carbocycles. The van der Waals surface area contributed by atoms with Crippen molar-refractivity contribution >= 4 is 12.0 Å². The lowest BCUT2D eigenvalue weighted by molar-refractivity contribution is -0.117. The number of hydrogen-bond acceptors (Lipinski definition) is 3. The minimum absolute atomic E-state index is 0.0535. The molecule has 0 radical (unpaired) electrons. The summed E-state index contributed by atoms with van der Waals surface area (Å²) in [6.45, 7) is 2.49. The van der Waals surface area contributed by atoms with Crippen molar-refractivity contribution in [3.8, 4) is 17.3 Å². The maximum absolute atomic E-state index is 12.4. The van der Waals surface area contributed by atoms with Crippen LogP contribution in [0, 0.1) is 18.3 Å². The first-order chi connectivity index (χ1) is 13.2. The van der Waals surface area contributed by atoms with Gasteiger partial charge in [-0.25, -0.2) is 0 Å². The molecular formula is C22H20N4O. The number of nitrogens with zero attached hydrogens (tertiary/aromatic N) is 2. The Morgan fingerprint density at radius 2 is 1.93 bits per heavy atom. The number of benzene rings is 2. The summed E-state index contributed by atoms with van der Waals surface area (Å²) in [5.41, 5.74) is 4.78. The number of amides is 1. The molecule has 0 saturated heterocycles. The number of nitriles is 1. The molecule has 5 heteroatoms. The van der Waals surface area contributed by atoms with E-state index in [1.807, 2.05) is 67.6 Å². The predicted molar refractivity (Wildman–Crippen MR) is 106 cm³/mol. The van der Waals surface area contributed by atoms with Crippen LogP contribution in [-0.2, 0) is 11.2 Å². The highest BCUT2D eigenvalue weighted by Gasteiger charge is 2.12. The maximum Gasteiger partial charge on any atom is 0.261 e. The fourth-order valence-electron chi connectivity index (χ4n) is 2.72. The van der Waals surface area contributed by atoms with Gasteiger partial charge in [0.15, 0.2) is 0 Å². The zero-order valence-electron chi connectivity index (χ0n) is 15.1. The van der Waals surface area contributed by atoms with Crippen LogP contribution in [0.15, 0.2) is 66.4 Å². The second-order valence-corrected chi connectivity index (χ2v) is 6.23. The van der Waals surface area contributed by atoms with Crippen molar-refractivity contribution < 1.29 is 4.79 Å². The Labute approximate surface area is 158 Å². The zero-order valence-corrected chi connectivity index (χ0v) is 15.1. The van der Waals surface area contributed by atoms with Crippen molar-refractivity contribution in [3.05, 3.63) is 83.1 Å². The summed E-state index contributed by atoms with van der Waals surface area (Å²) >= 11 is 0. The van der Waals surface area contributed by atoms with Gasteiger partial charge in [-0.15, -0.1) is 0 Å². The van der Waals surface area contributed by atoms with E-state index >= 15 is 0 Å². The summed E-state index contributed by atoms with van der Waals surface area (Å²) in [5, 5.41) is 19.2. The number of nitrogens with one attached hydrogen (secondary N) is 2. The van der Waals surface area contributed by atoms with Gasteiger partial charge < -0.3 is 5.32 Å². The molecule has 1 heterocycles. The van der Waals surface area contributed by atoms with Crippen LogP contribution < -0.4 is 5.32 Å². The monoisotopic (exact) mass is 356 g/mol. The standard InChI is InChI=1S/C22H20N4O/c1-16-7-9-18(10-8-16)21-20(15-25-26-21)13-19(14-23)22(27)24-12-11-17-5-3-2-4-6-17/h2-10,13,15H,11-12H2,1H3,(H,24,27)(H,25,26)/b19-13+. The molecule has 1 aromatic heterocycles. The van der Waals surface area contributed by atoms with Gasteiger partial charge in [0.25, 0.3) is 5.91 Å². The summed E-state index contributed by atoms with van der Waals surface area (Å²) < 4.78 is 0. The molecule has 27 heavy (non-hydrogen) atoms. The molecule has 5 nitrogen and oxygen atoms in total. The van der Waals surface area contributed by atoms with Gasteiger partial charge in [-0.2, -0.15) is 10.4 Å². The molecule has 2 N–H and O–H groups in total. The van der Waals surface area contributed by atoms with Gasteiger partial charge in [0.2, 0.25) is 0 Å². The van der Waals surface area contributed by atoms with Gasteiger partial charge >= 0.3 is 0 Å². The van der Waals surface area contributed by atoms with E-state index in [-0.39, 0.29) is 11.5 Å². The summed E-state index contributed by atoms with van der Waals surface area (Å²) in [7, 11) is 0. The molecule has 1 amide bonds. The van der Waals surface area contributed by atoms with E-state index in [9.17, 15) is 10.1 Å². The number of rotatable bonds is 6. The molecule has 0 fully saturated rings. The zero-order chi connectivity index (χ0) is 19.1. The summed E-state index contributed by atoms with van der Waals surface area (Å²) in [5.74, 6) is -0.385. The average Bonchev–Trinajstić information content (AvgIpc) is 3.15. The first kappa shape index (κ1) is 18.2. The van der Waals surface area contributed by atoms with Gasteiger partial charge in [0.05, 0.1) is 11.9 Å². The van der Waals surface area contributed by atoms with Gasteiger partial charge in [0.1, 0.15) is 11.6 Å². The first-order valence-corrected chi connectivity index (χ1v) is 8.71. The quantitative estimate of drug-likeness (QED) is 0.522. The molecule has 0 aliphatic rings. The molecule has 0 unspecified atom stereocenters. The van der Waals surface area contributed by atoms with E-state index in [2.05, 4.69) is 15.5 Å². The van der Waals surface area contributed by atoms with E-state index in [0.717, 1.165) is 22.4 Å². The SMILES string of the molecule is Cc1ccc(-c2[nH]ncc2/C=C(\C#N)C(=O)NCCc2ccccc2)cc1. The molecule has 3 rings (SSSR count). The molecule has 134 valence electrons. The van der Waals surface area contributed by atoms with Gasteiger partial charge in [-0.3, -0.25) is 9.89 Å². The van der Waals surface area contributed by atoms with Crippen molar-refractivity contribution in [2.45, 2.75) is 13.3 Å². The highest BCUT2D eigenvalue weighted by atomic mass is 16.1. The van der Waals surface area contributed by atoms with Crippen LogP contribution in [0.2, 0.25) is 0 Å². The number of aromatic nitrogens is 2. The molecule has 0 spiro atoms. The third-order valence-corrected chi connectivity index (χ3v) is 4.22. The van der Waals surface area contributed by atoms with Crippen LogP contribution in [0.3, 0.4) is 0 Å². The third-order valence-electron chi connectivity index (χ3n) is 4.22. The summed E-state index contributed by atoms with van der Waals surface area (Å²) in [6, 6.07) is 19.8. The molecule has 0 aliphatic heterocycles. The highest BCUT2D eigenvalue weighted by molar-refractivity contribution is 6.02. The Morgan fingerprint density at radius 1 is 1.19 bits per heavy atom. The summed E-state index contributed by atoms with van der Waals surface area (Å²) in [6.07, 6.45) is 3.89. The van der Waals surface area contributed by atoms with E-state index < -0.39 is 0 Å². The van der Waals surface area contributed by atoms with Crippen molar-refractivity contribution in [2.24, 2.45) is 0 Å². The molecule has 0 bridgehead atoms. The normalized spacial score (nSPS) is 11.0. The molecule has 0 aliphatic carbocycles. The number of aryl methyl sites for hydroxylation is 1. The minimum atomic E-state index is -0.385. The number of carbonyl (C=O) groups excluding carboxylic acids is 1. The van der Waals surface area contributed by atoms with Crippen LogP contribution in [-0.4, -0.2) is 22.6 Å². The minimum Gasteiger partial charge on any atom is -0.351 e. The Morgan fingerprint density at radius 3 is 2.63 bits per heavy atom. The maximum atomic E-state index is 12.4. The highest BCUT2D eigenvalue weighted by Crippen LogP contribution is 2.23. The van der Waals surface area contributed by atoms with Crippen molar-refractivity contribution in [2.75, 3.05) is 6.54 Å². The lowest BCUT2D eigenvalue weighted by Gasteiger charge is -2.05. The average molecular weight is 356 g/mol. The van der Waals surface area contributed by atoms with Crippen LogP contribution in [0.5, 0.6) is 0 Å². The molecule has 3 aromatic rings. The molecule has 0 saturated carbocycles. The third kappa shape index (κ3) is 4.71. The number of hydrogen-bond donors (Lipinski definition) is 2. The van der Waals surface area contributed by atoms with Crippen molar-refractivity contribution in [1.82, 2.24) is 15.5 Å². The van der Waals surface area contributed by atoms with E-state index in [1.54, 1.807) is 12.3 Å². The summed E-state index contributed by atoms with van der Waals surface area (Å²) in [4.78, 5) is 12.4. The van der Waals surface area contributed by atoms with Crippen LogP contribution >= 0.6 is 0 Å². The van der Waals surface area contributed by atoms with Crippen LogP contribution in [0.4, 0.5) is 0 Å². The molecule has 0 atom stereocenters. The lowest BCUT2D eigenvalue weighted by Crippen LogP contribution is -2.26. The van der Waals surface area contributed by atoms with E-state index in [1.165, 1.54) is 0 Å². The van der Waals surface area contributed by atoms with E-state index in [0.29, 0.717) is 18.5 Å². The van der Waals surface area contributed by atoms with Crippen LogP contribution in [0.25, 0.3) is 17.3 Å². The fourth-order valence-corrected chi connectivity index (χ4v) is 2.72. The largest absolute Gasteiger partial charge is 0.351 e. The number of carbonyl (C=O) groups is 1. The van der Waals surface area contributed by atoms with Gasteiger partial charge in [0, 0.05) is 17.7 Å². The fraction of sp³-hybridized carbons (Fsp3) is 0.136.